The zero-order valence-electron chi connectivity index (χ0n) is 7.74. The standard InChI is InChI=1S/C7H10N2O4.Na/c1-2-6(11)9-4(7(12)13)3-5(8)10;/h2,4H,1,3H2,(H2,8,10)(H,9,11)(H,12,13);/q;+1/p-1/t4-;/m0./s1. The van der Waals surface area contributed by atoms with Crippen LogP contribution in [-0.4, -0.2) is 28.9 Å². The number of carbonyl (C=O) groups excluding carboxylic acids is 1. The van der Waals surface area contributed by atoms with Gasteiger partial charge in [0.15, 0.2) is 0 Å². The van der Waals surface area contributed by atoms with Gasteiger partial charge in [-0.15, -0.1) is 0 Å². The normalized spacial score (nSPS) is 10.6. The third kappa shape index (κ3) is 6.64. The van der Waals surface area contributed by atoms with Gasteiger partial charge in [-0.05, 0) is 12.0 Å². The van der Waals surface area contributed by atoms with E-state index in [-0.39, 0.29) is 29.6 Å². The van der Waals surface area contributed by atoms with Gasteiger partial charge in [0.05, 0.1) is 0 Å². The van der Waals surface area contributed by atoms with Gasteiger partial charge < -0.3 is 20.9 Å². The molecule has 3 N–H and O–H groups in total. The van der Waals surface area contributed by atoms with Crippen molar-refractivity contribution in [3.05, 3.63) is 12.7 Å². The summed E-state index contributed by atoms with van der Waals surface area (Å²) in [6.45, 7) is 3.12. The maximum atomic E-state index is 10.6. The molecular formula is C7H9N2NaO4. The van der Waals surface area contributed by atoms with Gasteiger partial charge in [-0.1, -0.05) is 6.58 Å². The number of carboxylic acids is 1. The third-order valence-electron chi connectivity index (χ3n) is 1.19. The molecule has 0 radical (unpaired) electrons. The molecule has 0 spiro atoms. The van der Waals surface area contributed by atoms with Crippen molar-refractivity contribution >= 4 is 17.8 Å². The zero-order chi connectivity index (χ0) is 10.4. The van der Waals surface area contributed by atoms with E-state index >= 15 is 0 Å². The molecule has 0 aliphatic rings. The van der Waals surface area contributed by atoms with Gasteiger partial charge in [0.25, 0.3) is 0 Å². The van der Waals surface area contributed by atoms with Gasteiger partial charge in [0, 0.05) is 6.42 Å². The summed E-state index contributed by atoms with van der Waals surface area (Å²) in [6, 6.07) is -1.35. The van der Waals surface area contributed by atoms with E-state index in [0.717, 1.165) is 6.08 Å². The second-order valence-corrected chi connectivity index (χ2v) is 2.23. The van der Waals surface area contributed by atoms with Crippen molar-refractivity contribution in [3.8, 4) is 0 Å². The second-order valence-electron chi connectivity index (χ2n) is 2.23. The summed E-state index contributed by atoms with van der Waals surface area (Å²) >= 11 is 0. The number of hydrogen-bond donors (Lipinski definition) is 3. The first-order chi connectivity index (χ1) is 5.97. The Hall–Kier alpha value is -0.850. The Kier molecular flexibility index (Phi) is 8.41. The van der Waals surface area contributed by atoms with Crippen molar-refractivity contribution in [2.75, 3.05) is 0 Å². The van der Waals surface area contributed by atoms with E-state index in [2.05, 4.69) is 6.58 Å². The summed E-state index contributed by atoms with van der Waals surface area (Å²) in [6.07, 6.45) is 0.347. The molecule has 0 aromatic carbocycles. The van der Waals surface area contributed by atoms with E-state index in [9.17, 15) is 14.7 Å². The Morgan fingerprint density at radius 1 is 1.64 bits per heavy atom. The predicted octanol–water partition coefficient (Wildman–Crippen LogP) is -4.53. The van der Waals surface area contributed by atoms with E-state index in [4.69, 9.17) is 10.5 Å². The maximum absolute atomic E-state index is 10.6. The Labute approximate surface area is 103 Å². The largest absolute Gasteiger partial charge is 1.00 e. The van der Waals surface area contributed by atoms with Crippen LogP contribution in [0.2, 0.25) is 0 Å². The van der Waals surface area contributed by atoms with Gasteiger partial charge in [0.1, 0.15) is 6.04 Å². The molecule has 0 aliphatic carbocycles. The fourth-order valence-corrected chi connectivity index (χ4v) is 0.616. The van der Waals surface area contributed by atoms with Crippen molar-refractivity contribution in [2.45, 2.75) is 12.5 Å². The Bertz CT molecular complexity index is 254. The molecule has 0 aliphatic heterocycles. The van der Waals surface area contributed by atoms with Gasteiger partial charge in [-0.2, -0.15) is 0 Å². The Balaban J connectivity index is 0. The molecule has 14 heavy (non-hydrogen) atoms. The van der Waals surface area contributed by atoms with Gasteiger partial charge in [-0.3, -0.25) is 4.79 Å². The van der Waals surface area contributed by atoms with Crippen LogP contribution in [0.3, 0.4) is 0 Å². The number of aliphatic carboxylic acids is 1. The summed E-state index contributed by atoms with van der Waals surface area (Å²) in [7, 11) is 0. The van der Waals surface area contributed by atoms with Crippen LogP contribution in [0, 0.1) is 5.41 Å². The first-order valence-corrected chi connectivity index (χ1v) is 3.37. The molecule has 7 heteroatoms. The van der Waals surface area contributed by atoms with Crippen LogP contribution >= 0.6 is 0 Å². The number of nitrogens with one attached hydrogen (secondary N) is 2. The fourth-order valence-electron chi connectivity index (χ4n) is 0.616. The SMILES string of the molecule is C=CC(=O)N[C@@H](CC(=N)[O-])C(=O)O.[Na+]. The number of hydrogen-bond acceptors (Lipinski definition) is 4. The van der Waals surface area contributed by atoms with E-state index < -0.39 is 30.2 Å². The molecule has 6 nitrogen and oxygen atoms in total. The van der Waals surface area contributed by atoms with Gasteiger partial charge >= 0.3 is 35.5 Å². The molecule has 1 atom stereocenters. The van der Waals surface area contributed by atoms with Crippen LogP contribution in [0.5, 0.6) is 0 Å². The molecule has 0 aromatic heterocycles. The van der Waals surface area contributed by atoms with E-state index in [1.165, 1.54) is 0 Å². The number of carbonyl (C=O) groups is 2. The second kappa shape index (κ2) is 7.54. The molecule has 0 bridgehead atoms. The van der Waals surface area contributed by atoms with Gasteiger partial charge in [-0.25, -0.2) is 4.79 Å². The average Bonchev–Trinajstić information content (AvgIpc) is 2.02. The molecule has 72 valence electrons. The summed E-state index contributed by atoms with van der Waals surface area (Å²) in [5, 5.41) is 27.3. The molecule has 0 saturated carbocycles. The summed E-state index contributed by atoms with van der Waals surface area (Å²) in [5.41, 5.74) is 0. The quantitative estimate of drug-likeness (QED) is 0.183. The number of rotatable bonds is 5. The van der Waals surface area contributed by atoms with Crippen LogP contribution in [-0.2, 0) is 9.59 Å². The zero-order valence-corrected chi connectivity index (χ0v) is 9.74. The van der Waals surface area contributed by atoms with Crippen LogP contribution in [0.15, 0.2) is 12.7 Å². The van der Waals surface area contributed by atoms with Crippen molar-refractivity contribution in [3.63, 3.8) is 0 Å². The van der Waals surface area contributed by atoms with Crippen molar-refractivity contribution < 1.29 is 49.4 Å². The van der Waals surface area contributed by atoms with Crippen LogP contribution < -0.4 is 40.0 Å². The molecule has 0 aromatic rings. The summed E-state index contributed by atoms with van der Waals surface area (Å²) in [5.74, 6) is -3.08. The first kappa shape index (κ1) is 15.6. The molecule has 0 rings (SSSR count). The maximum Gasteiger partial charge on any atom is 1.00 e. The predicted molar refractivity (Wildman–Crippen MR) is 42.1 cm³/mol. The van der Waals surface area contributed by atoms with Crippen molar-refractivity contribution in [1.29, 1.82) is 5.41 Å². The fraction of sp³-hybridized carbons (Fsp3) is 0.286. The summed E-state index contributed by atoms with van der Waals surface area (Å²) in [4.78, 5) is 21.0. The molecule has 0 heterocycles. The first-order valence-electron chi connectivity index (χ1n) is 3.37. The topological polar surface area (TPSA) is 113 Å². The van der Waals surface area contributed by atoms with Crippen LogP contribution in [0.25, 0.3) is 0 Å². The van der Waals surface area contributed by atoms with Crippen LogP contribution in [0.1, 0.15) is 6.42 Å². The third-order valence-corrected chi connectivity index (χ3v) is 1.19. The minimum atomic E-state index is -1.35. The van der Waals surface area contributed by atoms with Crippen molar-refractivity contribution in [1.82, 2.24) is 5.32 Å². The Morgan fingerprint density at radius 2 is 2.14 bits per heavy atom. The molecule has 0 unspecified atom stereocenters. The molecule has 0 saturated heterocycles. The molecular weight excluding hydrogens is 199 g/mol. The van der Waals surface area contributed by atoms with Crippen molar-refractivity contribution in [2.24, 2.45) is 0 Å². The monoisotopic (exact) mass is 208 g/mol. The minimum Gasteiger partial charge on any atom is -0.862 e. The van der Waals surface area contributed by atoms with E-state index in [0.29, 0.717) is 0 Å². The minimum absolute atomic E-state index is 0. The van der Waals surface area contributed by atoms with E-state index in [1.807, 2.05) is 5.32 Å². The van der Waals surface area contributed by atoms with E-state index in [1.54, 1.807) is 0 Å². The average molecular weight is 208 g/mol. The smallest absolute Gasteiger partial charge is 0.862 e. The Morgan fingerprint density at radius 3 is 2.43 bits per heavy atom. The van der Waals surface area contributed by atoms with Crippen LogP contribution in [0.4, 0.5) is 0 Å². The molecule has 0 fully saturated rings. The number of amides is 1. The molecule has 1 amide bonds. The number of carboxylic acid groups (broad SMARTS) is 1. The summed E-state index contributed by atoms with van der Waals surface area (Å²) < 4.78 is 0. The van der Waals surface area contributed by atoms with Gasteiger partial charge in [0.2, 0.25) is 5.91 Å².